The van der Waals surface area contributed by atoms with Gasteiger partial charge in [0, 0.05) is 22.7 Å². The maximum Gasteiger partial charge on any atom is 0.125 e. The second kappa shape index (κ2) is 5.43. The molecule has 0 aromatic heterocycles. The van der Waals surface area contributed by atoms with Crippen LogP contribution < -0.4 is 10.1 Å². The van der Waals surface area contributed by atoms with Crippen LogP contribution in [0.15, 0.2) is 16.6 Å². The number of hydrogen-bond acceptors (Lipinski definition) is 3. The standard InChI is InChI=1S/C14H18BrNOS/c1-16-13-8-18-7-11(13)4-10-6-12(15)5-9-2-3-17-14(9)10/h5-6,11,13,16H,2-4,7-8H2,1H3. The number of thioether (sulfide) groups is 1. The van der Waals surface area contributed by atoms with Gasteiger partial charge in [0.15, 0.2) is 0 Å². The zero-order valence-electron chi connectivity index (χ0n) is 10.5. The van der Waals surface area contributed by atoms with Crippen LogP contribution in [0.4, 0.5) is 0 Å². The fourth-order valence-electron chi connectivity index (χ4n) is 2.90. The molecule has 0 radical (unpaired) electrons. The van der Waals surface area contributed by atoms with Crippen molar-refractivity contribution in [1.29, 1.82) is 0 Å². The van der Waals surface area contributed by atoms with Gasteiger partial charge in [0.25, 0.3) is 0 Å². The molecule has 98 valence electrons. The first-order chi connectivity index (χ1) is 8.78. The zero-order valence-corrected chi connectivity index (χ0v) is 12.9. The Hall–Kier alpha value is -0.190. The smallest absolute Gasteiger partial charge is 0.125 e. The van der Waals surface area contributed by atoms with Gasteiger partial charge in [-0.15, -0.1) is 0 Å². The summed E-state index contributed by atoms with van der Waals surface area (Å²) in [6, 6.07) is 5.08. The molecule has 1 N–H and O–H groups in total. The van der Waals surface area contributed by atoms with E-state index in [0.29, 0.717) is 6.04 Å². The van der Waals surface area contributed by atoms with Crippen LogP contribution in [0, 0.1) is 5.92 Å². The van der Waals surface area contributed by atoms with E-state index in [1.165, 1.54) is 27.1 Å². The molecule has 1 aromatic rings. The number of halogens is 1. The Kier molecular flexibility index (Phi) is 3.87. The Labute approximate surface area is 121 Å². The molecule has 1 fully saturated rings. The second-order valence-corrected chi connectivity index (χ2v) is 7.04. The van der Waals surface area contributed by atoms with Crippen LogP contribution in [0.5, 0.6) is 5.75 Å². The average Bonchev–Trinajstić information content (AvgIpc) is 2.96. The Morgan fingerprint density at radius 1 is 1.44 bits per heavy atom. The van der Waals surface area contributed by atoms with Gasteiger partial charge in [-0.25, -0.2) is 0 Å². The van der Waals surface area contributed by atoms with Crippen LogP contribution in [-0.2, 0) is 12.8 Å². The Morgan fingerprint density at radius 2 is 2.33 bits per heavy atom. The number of ether oxygens (including phenoxy) is 1. The highest BCUT2D eigenvalue weighted by atomic mass is 79.9. The van der Waals surface area contributed by atoms with Crippen molar-refractivity contribution in [3.05, 3.63) is 27.7 Å². The monoisotopic (exact) mass is 327 g/mol. The fraction of sp³-hybridized carbons (Fsp3) is 0.571. The minimum Gasteiger partial charge on any atom is -0.493 e. The van der Waals surface area contributed by atoms with Crippen molar-refractivity contribution in [2.45, 2.75) is 18.9 Å². The van der Waals surface area contributed by atoms with E-state index in [9.17, 15) is 0 Å². The van der Waals surface area contributed by atoms with E-state index in [0.717, 1.165) is 31.1 Å². The number of rotatable bonds is 3. The topological polar surface area (TPSA) is 21.3 Å². The van der Waals surface area contributed by atoms with E-state index in [2.05, 4.69) is 52.2 Å². The summed E-state index contributed by atoms with van der Waals surface area (Å²) in [6.45, 7) is 0.841. The van der Waals surface area contributed by atoms with Crippen molar-refractivity contribution in [2.75, 3.05) is 25.2 Å². The summed E-state index contributed by atoms with van der Waals surface area (Å²) in [5.74, 6) is 4.37. The Balaban J connectivity index is 1.84. The molecule has 3 rings (SSSR count). The lowest BCUT2D eigenvalue weighted by molar-refractivity contribution is 0.349. The molecule has 0 bridgehead atoms. The molecule has 2 heterocycles. The molecule has 2 nitrogen and oxygen atoms in total. The molecule has 2 aliphatic heterocycles. The number of benzene rings is 1. The predicted molar refractivity (Wildman–Crippen MR) is 80.7 cm³/mol. The molecule has 2 aliphatic rings. The molecular weight excluding hydrogens is 310 g/mol. The van der Waals surface area contributed by atoms with Crippen molar-refractivity contribution in [2.24, 2.45) is 5.92 Å². The normalized spacial score (nSPS) is 26.1. The van der Waals surface area contributed by atoms with Crippen molar-refractivity contribution in [1.82, 2.24) is 5.32 Å². The molecule has 1 aromatic carbocycles. The lowest BCUT2D eigenvalue weighted by Crippen LogP contribution is -2.33. The highest BCUT2D eigenvalue weighted by molar-refractivity contribution is 9.10. The summed E-state index contributed by atoms with van der Waals surface area (Å²) in [5, 5.41) is 3.44. The molecular formula is C14H18BrNOS. The summed E-state index contributed by atoms with van der Waals surface area (Å²) >= 11 is 5.68. The summed E-state index contributed by atoms with van der Waals surface area (Å²) in [5.41, 5.74) is 2.75. The van der Waals surface area contributed by atoms with Gasteiger partial charge >= 0.3 is 0 Å². The lowest BCUT2D eigenvalue weighted by atomic mass is 9.93. The van der Waals surface area contributed by atoms with Gasteiger partial charge in [-0.3, -0.25) is 0 Å². The number of hydrogen-bond donors (Lipinski definition) is 1. The molecule has 0 saturated carbocycles. The molecule has 1 saturated heterocycles. The molecule has 0 spiro atoms. The molecule has 0 amide bonds. The predicted octanol–water partition coefficient (Wildman–Crippen LogP) is 2.88. The van der Waals surface area contributed by atoms with E-state index >= 15 is 0 Å². The average molecular weight is 328 g/mol. The number of fused-ring (bicyclic) bond motifs is 1. The Bertz CT molecular complexity index is 452. The summed E-state index contributed by atoms with van der Waals surface area (Å²) in [4.78, 5) is 0. The molecule has 2 atom stereocenters. The SMILES string of the molecule is CNC1CSCC1Cc1cc(Br)cc2c1OCC2. The van der Waals surface area contributed by atoms with Gasteiger partial charge in [0.05, 0.1) is 6.61 Å². The van der Waals surface area contributed by atoms with E-state index < -0.39 is 0 Å². The van der Waals surface area contributed by atoms with Gasteiger partial charge in [0.2, 0.25) is 0 Å². The molecule has 0 aliphatic carbocycles. The van der Waals surface area contributed by atoms with Crippen molar-refractivity contribution in [3.8, 4) is 5.75 Å². The summed E-state index contributed by atoms with van der Waals surface area (Å²) in [6.07, 6.45) is 2.18. The third-order valence-electron chi connectivity index (χ3n) is 3.88. The van der Waals surface area contributed by atoms with Crippen LogP contribution in [-0.4, -0.2) is 31.2 Å². The maximum absolute atomic E-state index is 5.82. The lowest BCUT2D eigenvalue weighted by Gasteiger charge is -2.19. The van der Waals surface area contributed by atoms with Crippen LogP contribution in [0.2, 0.25) is 0 Å². The zero-order chi connectivity index (χ0) is 12.5. The third-order valence-corrected chi connectivity index (χ3v) is 5.59. The van der Waals surface area contributed by atoms with Crippen molar-refractivity contribution in [3.63, 3.8) is 0 Å². The van der Waals surface area contributed by atoms with E-state index in [-0.39, 0.29) is 0 Å². The highest BCUT2D eigenvalue weighted by Gasteiger charge is 2.28. The highest BCUT2D eigenvalue weighted by Crippen LogP contribution is 2.36. The van der Waals surface area contributed by atoms with Gasteiger partial charge in [-0.1, -0.05) is 15.9 Å². The first-order valence-electron chi connectivity index (χ1n) is 6.47. The minimum absolute atomic E-state index is 0.644. The van der Waals surface area contributed by atoms with Crippen LogP contribution in [0.1, 0.15) is 11.1 Å². The van der Waals surface area contributed by atoms with Gasteiger partial charge in [-0.05, 0) is 48.4 Å². The molecule has 2 unspecified atom stereocenters. The molecule has 18 heavy (non-hydrogen) atoms. The van der Waals surface area contributed by atoms with Gasteiger partial charge in [-0.2, -0.15) is 11.8 Å². The first kappa shape index (κ1) is 12.8. The number of nitrogens with one attached hydrogen (secondary N) is 1. The first-order valence-corrected chi connectivity index (χ1v) is 8.42. The summed E-state index contributed by atoms with van der Waals surface area (Å²) < 4.78 is 7.00. The fourth-order valence-corrected chi connectivity index (χ4v) is 4.93. The van der Waals surface area contributed by atoms with Crippen molar-refractivity contribution < 1.29 is 4.74 Å². The van der Waals surface area contributed by atoms with E-state index in [4.69, 9.17) is 4.74 Å². The van der Waals surface area contributed by atoms with Crippen LogP contribution in [0.3, 0.4) is 0 Å². The summed E-state index contributed by atoms with van der Waals surface area (Å²) in [7, 11) is 2.07. The third kappa shape index (κ3) is 2.43. The maximum atomic E-state index is 5.82. The minimum atomic E-state index is 0.644. The van der Waals surface area contributed by atoms with E-state index in [1.54, 1.807) is 0 Å². The molecule has 4 heteroatoms. The Morgan fingerprint density at radius 3 is 3.17 bits per heavy atom. The quantitative estimate of drug-likeness (QED) is 0.922. The largest absolute Gasteiger partial charge is 0.493 e. The van der Waals surface area contributed by atoms with E-state index in [1.807, 2.05) is 0 Å². The van der Waals surface area contributed by atoms with Crippen molar-refractivity contribution >= 4 is 27.7 Å². The van der Waals surface area contributed by atoms with Crippen LogP contribution >= 0.6 is 27.7 Å². The van der Waals surface area contributed by atoms with Crippen LogP contribution in [0.25, 0.3) is 0 Å². The second-order valence-electron chi connectivity index (χ2n) is 5.05. The van der Waals surface area contributed by atoms with Gasteiger partial charge < -0.3 is 10.1 Å². The van der Waals surface area contributed by atoms with Gasteiger partial charge in [0.1, 0.15) is 5.75 Å².